The number of carbonyl (C=O) groups excluding carboxylic acids is 2. The van der Waals surface area contributed by atoms with Crippen LogP contribution in [0.3, 0.4) is 0 Å². The van der Waals surface area contributed by atoms with Crippen molar-refractivity contribution >= 4 is 12.4 Å². The smallest absolute Gasteiger partial charge is 0.324 e. The van der Waals surface area contributed by atoms with E-state index in [2.05, 4.69) is 30.4 Å². The van der Waals surface area contributed by atoms with Crippen LogP contribution in [0.15, 0.2) is 18.2 Å². The van der Waals surface area contributed by atoms with Crippen LogP contribution in [0.25, 0.3) is 0 Å². The number of benzene rings is 1. The van der Waals surface area contributed by atoms with Crippen LogP contribution in [0.5, 0.6) is 0 Å². The lowest BCUT2D eigenvalue weighted by molar-refractivity contribution is -0.116. The minimum atomic E-state index is -0.298. The van der Waals surface area contributed by atoms with Gasteiger partial charge in [0.2, 0.25) is 6.41 Å². The maximum atomic E-state index is 12.8. The highest BCUT2D eigenvalue weighted by Gasteiger charge is 2.49. The summed E-state index contributed by atoms with van der Waals surface area (Å²) in [6.07, 6.45) is 6.97. The van der Waals surface area contributed by atoms with E-state index in [4.69, 9.17) is 4.74 Å². The van der Waals surface area contributed by atoms with Crippen molar-refractivity contribution < 1.29 is 14.3 Å². The number of nitrogens with zero attached hydrogens (tertiary/aromatic N) is 1. The predicted octanol–water partition coefficient (Wildman–Crippen LogP) is 4.00. The Kier molecular flexibility index (Phi) is 5.89. The molecule has 0 bridgehead atoms. The van der Waals surface area contributed by atoms with E-state index in [1.807, 2.05) is 13.8 Å². The molecule has 1 saturated carbocycles. The molecule has 1 unspecified atom stereocenters. The lowest BCUT2D eigenvalue weighted by Crippen LogP contribution is -2.48. The molecule has 0 saturated heterocycles. The Hall–Kier alpha value is -1.88. The fourth-order valence-corrected chi connectivity index (χ4v) is 4.81. The van der Waals surface area contributed by atoms with Gasteiger partial charge in [-0.1, -0.05) is 25.1 Å². The molecule has 1 fully saturated rings. The molecule has 1 spiro atoms. The predicted molar refractivity (Wildman–Crippen MR) is 106 cm³/mol. The normalized spacial score (nSPS) is 26.9. The zero-order valence-corrected chi connectivity index (χ0v) is 17.0. The van der Waals surface area contributed by atoms with Gasteiger partial charge in [-0.25, -0.2) is 4.79 Å². The number of nitrogens with one attached hydrogen (secondary N) is 1. The van der Waals surface area contributed by atoms with E-state index in [0.717, 1.165) is 38.5 Å². The molecule has 5 heteroatoms. The first kappa shape index (κ1) is 19.9. The number of urea groups is 1. The molecule has 0 aromatic heterocycles. The van der Waals surface area contributed by atoms with Gasteiger partial charge >= 0.3 is 6.03 Å². The monoisotopic (exact) mass is 372 g/mol. The molecule has 1 aromatic carbocycles. The van der Waals surface area contributed by atoms with Gasteiger partial charge in [0.15, 0.2) is 0 Å². The number of ether oxygens (including phenoxy) is 1. The number of amides is 3. The number of hydrogen-bond acceptors (Lipinski definition) is 3. The van der Waals surface area contributed by atoms with Crippen molar-refractivity contribution in [3.8, 4) is 0 Å². The first-order valence-electron chi connectivity index (χ1n) is 10.1. The minimum absolute atomic E-state index is 0.0188. The van der Waals surface area contributed by atoms with Gasteiger partial charge in [0.25, 0.3) is 0 Å². The summed E-state index contributed by atoms with van der Waals surface area (Å²) in [5, 5.41) is 3.23. The van der Waals surface area contributed by atoms with Crippen LogP contribution in [0, 0.1) is 5.41 Å². The maximum Gasteiger partial charge on any atom is 0.324 e. The van der Waals surface area contributed by atoms with E-state index < -0.39 is 0 Å². The second kappa shape index (κ2) is 8.01. The molecule has 0 aliphatic heterocycles. The summed E-state index contributed by atoms with van der Waals surface area (Å²) in [5.74, 6) is 0. The molecule has 1 aromatic rings. The molecule has 148 valence electrons. The molecule has 1 N–H and O–H groups in total. The quantitative estimate of drug-likeness (QED) is 0.795. The van der Waals surface area contributed by atoms with Crippen molar-refractivity contribution in [3.63, 3.8) is 0 Å². The Balaban J connectivity index is 1.92. The van der Waals surface area contributed by atoms with E-state index in [0.29, 0.717) is 12.5 Å². The number of imide groups is 1. The van der Waals surface area contributed by atoms with Gasteiger partial charge in [0.05, 0.1) is 12.1 Å². The first-order chi connectivity index (χ1) is 12.9. The van der Waals surface area contributed by atoms with Gasteiger partial charge in [-0.3, -0.25) is 9.69 Å². The van der Waals surface area contributed by atoms with E-state index in [1.54, 1.807) is 7.11 Å². The van der Waals surface area contributed by atoms with Crippen LogP contribution in [0.4, 0.5) is 4.79 Å². The fraction of sp³-hybridized carbons (Fsp3) is 0.636. The van der Waals surface area contributed by atoms with Gasteiger partial charge in [-0.05, 0) is 74.5 Å². The number of aryl methyl sites for hydroxylation is 1. The summed E-state index contributed by atoms with van der Waals surface area (Å²) in [4.78, 5) is 25.5. The van der Waals surface area contributed by atoms with Crippen molar-refractivity contribution in [2.45, 2.75) is 77.5 Å². The van der Waals surface area contributed by atoms with Crippen molar-refractivity contribution in [1.82, 2.24) is 10.2 Å². The molecule has 2 aliphatic rings. The lowest BCUT2D eigenvalue weighted by Gasteiger charge is -2.42. The first-order valence-corrected chi connectivity index (χ1v) is 10.1. The minimum Gasteiger partial charge on any atom is -0.381 e. The summed E-state index contributed by atoms with van der Waals surface area (Å²) in [5.41, 5.74) is 3.86. The van der Waals surface area contributed by atoms with Gasteiger partial charge in [-0.15, -0.1) is 0 Å². The maximum absolute atomic E-state index is 12.8. The summed E-state index contributed by atoms with van der Waals surface area (Å²) in [7, 11) is 1.78. The molecule has 27 heavy (non-hydrogen) atoms. The highest BCUT2D eigenvalue weighted by Crippen LogP contribution is 2.54. The molecule has 0 radical (unpaired) electrons. The summed E-state index contributed by atoms with van der Waals surface area (Å²) < 4.78 is 5.57. The van der Waals surface area contributed by atoms with Crippen molar-refractivity contribution in [2.24, 2.45) is 5.41 Å². The standard InChI is InChI=1S/C22H32N2O3/c1-5-16-6-7-17-13-22(10-8-18(27-4)9-11-22)20(19(17)12-16)23-21(26)24(14-25)15(2)3/h6-7,12,14-15,18,20H,5,8-11,13H2,1-4H3,(H,23,26). The van der Waals surface area contributed by atoms with Gasteiger partial charge in [-0.2, -0.15) is 0 Å². The number of methoxy groups -OCH3 is 1. The summed E-state index contributed by atoms with van der Waals surface area (Å²) in [6.45, 7) is 5.85. The average molecular weight is 373 g/mol. The highest BCUT2D eigenvalue weighted by molar-refractivity contribution is 5.85. The zero-order valence-electron chi connectivity index (χ0n) is 17.0. The van der Waals surface area contributed by atoms with E-state index in [9.17, 15) is 9.59 Å². The van der Waals surface area contributed by atoms with Crippen LogP contribution in [-0.4, -0.2) is 36.6 Å². The molecule has 3 amide bonds. The van der Waals surface area contributed by atoms with Crippen LogP contribution in [0.1, 0.15) is 69.2 Å². The van der Waals surface area contributed by atoms with E-state index in [-0.39, 0.29) is 23.5 Å². The Bertz CT molecular complexity index is 693. The molecule has 1 atom stereocenters. The molecule has 0 heterocycles. The summed E-state index contributed by atoms with van der Waals surface area (Å²) in [6, 6.07) is 6.16. The Morgan fingerprint density at radius 2 is 2.07 bits per heavy atom. The molecule has 2 aliphatic carbocycles. The Morgan fingerprint density at radius 1 is 1.37 bits per heavy atom. The molecular formula is C22H32N2O3. The number of carbonyl (C=O) groups is 2. The van der Waals surface area contributed by atoms with Gasteiger partial charge < -0.3 is 10.1 Å². The third-order valence-electron chi connectivity index (χ3n) is 6.52. The zero-order chi connectivity index (χ0) is 19.6. The third-order valence-corrected chi connectivity index (χ3v) is 6.52. The van der Waals surface area contributed by atoms with E-state index >= 15 is 0 Å². The Labute approximate surface area is 162 Å². The van der Waals surface area contributed by atoms with Crippen LogP contribution in [-0.2, 0) is 22.4 Å². The SMILES string of the molecule is CCc1ccc2c(c1)C(NC(=O)N(C=O)C(C)C)C1(CCC(OC)CC1)C2. The lowest BCUT2D eigenvalue weighted by atomic mass is 9.68. The number of rotatable bonds is 5. The van der Waals surface area contributed by atoms with E-state index in [1.165, 1.54) is 21.6 Å². The van der Waals surface area contributed by atoms with Crippen molar-refractivity contribution in [1.29, 1.82) is 0 Å². The molecule has 3 rings (SSSR count). The second-order valence-electron chi connectivity index (χ2n) is 8.35. The third kappa shape index (κ3) is 3.75. The molecular weight excluding hydrogens is 340 g/mol. The molecule has 5 nitrogen and oxygen atoms in total. The van der Waals surface area contributed by atoms with Gasteiger partial charge in [0.1, 0.15) is 0 Å². The largest absolute Gasteiger partial charge is 0.381 e. The topological polar surface area (TPSA) is 58.6 Å². The second-order valence-corrected chi connectivity index (χ2v) is 8.35. The van der Waals surface area contributed by atoms with Crippen LogP contribution >= 0.6 is 0 Å². The number of fused-ring (bicyclic) bond motifs is 1. The average Bonchev–Trinajstić information content (AvgIpc) is 2.95. The Morgan fingerprint density at radius 3 is 2.63 bits per heavy atom. The fourth-order valence-electron chi connectivity index (χ4n) is 4.81. The van der Waals surface area contributed by atoms with Crippen LogP contribution < -0.4 is 5.32 Å². The van der Waals surface area contributed by atoms with Crippen molar-refractivity contribution in [3.05, 3.63) is 34.9 Å². The summed E-state index contributed by atoms with van der Waals surface area (Å²) >= 11 is 0. The van der Waals surface area contributed by atoms with Crippen LogP contribution in [0.2, 0.25) is 0 Å². The van der Waals surface area contributed by atoms with Gasteiger partial charge in [0, 0.05) is 13.2 Å². The van der Waals surface area contributed by atoms with Crippen molar-refractivity contribution in [2.75, 3.05) is 7.11 Å². The highest BCUT2D eigenvalue weighted by atomic mass is 16.5. The number of hydrogen-bond donors (Lipinski definition) is 1.